The largest absolute Gasteiger partial charge is 0.380 e. The van der Waals surface area contributed by atoms with Crippen LogP contribution in [0.4, 0.5) is 0 Å². The molecule has 1 aliphatic heterocycles. The van der Waals surface area contributed by atoms with E-state index >= 15 is 0 Å². The first-order chi connectivity index (χ1) is 8.36. The van der Waals surface area contributed by atoms with Gasteiger partial charge in [0.25, 0.3) is 0 Å². The van der Waals surface area contributed by atoms with Gasteiger partial charge in [0.05, 0.1) is 12.3 Å². The highest BCUT2D eigenvalue weighted by Crippen LogP contribution is 2.09. The van der Waals surface area contributed by atoms with Crippen LogP contribution in [-0.4, -0.2) is 49.3 Å². The second kappa shape index (κ2) is 6.69. The lowest BCUT2D eigenvalue weighted by Gasteiger charge is -2.22. The summed E-state index contributed by atoms with van der Waals surface area (Å²) in [5, 5.41) is 3.41. The van der Waals surface area contributed by atoms with Gasteiger partial charge in [0, 0.05) is 38.5 Å². The Balaban J connectivity index is 1.59. The topological polar surface area (TPSA) is 37.4 Å². The van der Waals surface area contributed by atoms with Gasteiger partial charge in [0.2, 0.25) is 0 Å². The Labute approximate surface area is 103 Å². The average molecular weight is 235 g/mol. The van der Waals surface area contributed by atoms with Crippen LogP contribution in [0.2, 0.25) is 0 Å². The number of hydrogen-bond acceptors (Lipinski definition) is 4. The molecular weight excluding hydrogens is 214 g/mol. The number of nitrogens with zero attached hydrogens (tertiary/aromatic N) is 2. The number of pyridine rings is 1. The predicted octanol–water partition coefficient (Wildman–Crippen LogP) is 0.892. The van der Waals surface area contributed by atoms with Gasteiger partial charge in [-0.25, -0.2) is 0 Å². The molecule has 1 fully saturated rings. The zero-order valence-electron chi connectivity index (χ0n) is 10.4. The number of aromatic nitrogens is 1. The van der Waals surface area contributed by atoms with E-state index in [2.05, 4.69) is 22.2 Å². The Morgan fingerprint density at radius 2 is 2.47 bits per heavy atom. The van der Waals surface area contributed by atoms with Gasteiger partial charge in [0.15, 0.2) is 0 Å². The van der Waals surface area contributed by atoms with Crippen LogP contribution >= 0.6 is 0 Å². The normalized spacial score (nSPS) is 20.0. The molecule has 0 amide bonds. The van der Waals surface area contributed by atoms with Gasteiger partial charge in [-0.05, 0) is 25.6 Å². The van der Waals surface area contributed by atoms with Crippen molar-refractivity contribution in [1.29, 1.82) is 0 Å². The summed E-state index contributed by atoms with van der Waals surface area (Å²) in [6.07, 6.45) is 3.00. The molecule has 0 bridgehead atoms. The minimum absolute atomic E-state index is 0.603. The van der Waals surface area contributed by atoms with E-state index in [1.165, 1.54) is 0 Å². The van der Waals surface area contributed by atoms with Gasteiger partial charge in [0.1, 0.15) is 0 Å². The fourth-order valence-electron chi connectivity index (χ4n) is 2.03. The van der Waals surface area contributed by atoms with E-state index in [1.54, 1.807) is 0 Å². The molecule has 1 unspecified atom stereocenters. The van der Waals surface area contributed by atoms with Crippen molar-refractivity contribution >= 4 is 0 Å². The van der Waals surface area contributed by atoms with Crippen LogP contribution in [0.25, 0.3) is 0 Å². The van der Waals surface area contributed by atoms with Crippen LogP contribution in [0, 0.1) is 0 Å². The van der Waals surface area contributed by atoms with Gasteiger partial charge in [-0.2, -0.15) is 0 Å². The fourth-order valence-corrected chi connectivity index (χ4v) is 2.03. The van der Waals surface area contributed by atoms with Crippen molar-refractivity contribution in [2.24, 2.45) is 0 Å². The summed E-state index contributed by atoms with van der Waals surface area (Å²) < 4.78 is 5.38. The standard InChI is InChI=1S/C13H21N3O/c1-16(13-5-9-17-11-13)8-7-14-10-12-4-2-3-6-15-12/h2-4,6,13-14H,5,7-11H2,1H3. The molecule has 94 valence electrons. The van der Waals surface area contributed by atoms with Crippen molar-refractivity contribution in [3.63, 3.8) is 0 Å². The molecule has 0 aromatic carbocycles. The van der Waals surface area contributed by atoms with Crippen molar-refractivity contribution in [2.75, 3.05) is 33.4 Å². The number of nitrogens with one attached hydrogen (secondary N) is 1. The molecule has 1 saturated heterocycles. The molecule has 17 heavy (non-hydrogen) atoms. The van der Waals surface area contributed by atoms with E-state index in [0.717, 1.165) is 45.0 Å². The van der Waals surface area contributed by atoms with Crippen LogP contribution in [0.3, 0.4) is 0 Å². The maximum Gasteiger partial charge on any atom is 0.0622 e. The van der Waals surface area contributed by atoms with Crippen molar-refractivity contribution in [1.82, 2.24) is 15.2 Å². The quantitative estimate of drug-likeness (QED) is 0.743. The molecule has 4 heteroatoms. The van der Waals surface area contributed by atoms with Crippen LogP contribution in [0.15, 0.2) is 24.4 Å². The highest BCUT2D eigenvalue weighted by molar-refractivity contribution is 5.02. The Bertz CT molecular complexity index is 312. The molecule has 0 aliphatic carbocycles. The van der Waals surface area contributed by atoms with Gasteiger partial charge in [-0.1, -0.05) is 6.07 Å². The fraction of sp³-hybridized carbons (Fsp3) is 0.615. The smallest absolute Gasteiger partial charge is 0.0622 e. The molecule has 1 N–H and O–H groups in total. The Morgan fingerprint density at radius 3 is 3.18 bits per heavy atom. The molecule has 2 rings (SSSR count). The van der Waals surface area contributed by atoms with Crippen LogP contribution < -0.4 is 5.32 Å². The zero-order chi connectivity index (χ0) is 11.9. The summed E-state index contributed by atoms with van der Waals surface area (Å²) in [4.78, 5) is 6.65. The van der Waals surface area contributed by atoms with Crippen molar-refractivity contribution < 1.29 is 4.74 Å². The summed E-state index contributed by atoms with van der Waals surface area (Å²) in [5.41, 5.74) is 1.10. The first kappa shape index (κ1) is 12.5. The van der Waals surface area contributed by atoms with E-state index in [0.29, 0.717) is 6.04 Å². The van der Waals surface area contributed by atoms with Crippen LogP contribution in [-0.2, 0) is 11.3 Å². The second-order valence-electron chi connectivity index (χ2n) is 4.50. The third kappa shape index (κ3) is 4.07. The monoisotopic (exact) mass is 235 g/mol. The van der Waals surface area contributed by atoms with Crippen molar-refractivity contribution in [2.45, 2.75) is 19.0 Å². The van der Waals surface area contributed by atoms with Gasteiger partial charge in [-0.3, -0.25) is 9.88 Å². The molecule has 1 atom stereocenters. The minimum atomic E-state index is 0.603. The highest BCUT2D eigenvalue weighted by Gasteiger charge is 2.19. The number of hydrogen-bond donors (Lipinski definition) is 1. The zero-order valence-corrected chi connectivity index (χ0v) is 10.4. The first-order valence-corrected chi connectivity index (χ1v) is 6.25. The second-order valence-corrected chi connectivity index (χ2v) is 4.50. The Kier molecular flexibility index (Phi) is 4.91. The maximum atomic E-state index is 5.38. The summed E-state index contributed by atoms with van der Waals surface area (Å²) >= 11 is 0. The van der Waals surface area contributed by atoms with Gasteiger partial charge in [-0.15, -0.1) is 0 Å². The Hall–Kier alpha value is -0.970. The van der Waals surface area contributed by atoms with E-state index in [4.69, 9.17) is 4.74 Å². The molecular formula is C13H21N3O. The average Bonchev–Trinajstić information content (AvgIpc) is 2.89. The molecule has 1 aliphatic rings. The number of ether oxygens (including phenoxy) is 1. The lowest BCUT2D eigenvalue weighted by atomic mass is 10.2. The summed E-state index contributed by atoms with van der Waals surface area (Å²) in [7, 11) is 2.17. The van der Waals surface area contributed by atoms with E-state index < -0.39 is 0 Å². The molecule has 0 saturated carbocycles. The molecule has 2 heterocycles. The number of likely N-dealkylation sites (N-methyl/N-ethyl adjacent to an activating group) is 1. The summed E-state index contributed by atoms with van der Waals surface area (Å²) in [5.74, 6) is 0. The lowest BCUT2D eigenvalue weighted by molar-refractivity contribution is 0.159. The van der Waals surface area contributed by atoms with E-state index in [9.17, 15) is 0 Å². The predicted molar refractivity (Wildman–Crippen MR) is 67.8 cm³/mol. The third-order valence-electron chi connectivity index (χ3n) is 3.20. The molecule has 1 aromatic rings. The first-order valence-electron chi connectivity index (χ1n) is 6.25. The summed E-state index contributed by atoms with van der Waals surface area (Å²) in [6, 6.07) is 6.61. The number of rotatable bonds is 6. The van der Waals surface area contributed by atoms with Crippen LogP contribution in [0.5, 0.6) is 0 Å². The van der Waals surface area contributed by atoms with Crippen molar-refractivity contribution in [3.8, 4) is 0 Å². The molecule has 0 radical (unpaired) electrons. The van der Waals surface area contributed by atoms with Gasteiger partial charge < -0.3 is 10.1 Å². The van der Waals surface area contributed by atoms with Gasteiger partial charge >= 0.3 is 0 Å². The van der Waals surface area contributed by atoms with E-state index in [1.807, 2.05) is 24.4 Å². The Morgan fingerprint density at radius 1 is 1.53 bits per heavy atom. The summed E-state index contributed by atoms with van der Waals surface area (Å²) in [6.45, 7) is 4.69. The maximum absolute atomic E-state index is 5.38. The SMILES string of the molecule is CN(CCNCc1ccccn1)C1CCOC1. The molecule has 4 nitrogen and oxygen atoms in total. The van der Waals surface area contributed by atoms with Crippen molar-refractivity contribution in [3.05, 3.63) is 30.1 Å². The van der Waals surface area contributed by atoms with E-state index in [-0.39, 0.29) is 0 Å². The van der Waals surface area contributed by atoms with Crippen LogP contribution in [0.1, 0.15) is 12.1 Å². The molecule has 1 aromatic heterocycles. The lowest BCUT2D eigenvalue weighted by Crippen LogP contribution is -2.37. The third-order valence-corrected chi connectivity index (χ3v) is 3.20. The minimum Gasteiger partial charge on any atom is -0.380 e. The molecule has 0 spiro atoms. The highest BCUT2D eigenvalue weighted by atomic mass is 16.5.